The van der Waals surface area contributed by atoms with E-state index >= 15 is 0 Å². The number of aliphatic hydroxyl groups excluding tert-OH is 1. The fourth-order valence-corrected chi connectivity index (χ4v) is 3.42. The molecule has 0 spiro atoms. The van der Waals surface area contributed by atoms with E-state index in [1.807, 2.05) is 0 Å². The number of hydrogen-bond donors (Lipinski definition) is 4. The molecule has 0 aliphatic heterocycles. The highest BCUT2D eigenvalue weighted by atomic mass is 19.4. The van der Waals surface area contributed by atoms with Gasteiger partial charge in [0, 0.05) is 41.0 Å². The Morgan fingerprint density at radius 3 is 2.49 bits per heavy atom. The van der Waals surface area contributed by atoms with Crippen molar-refractivity contribution in [3.63, 3.8) is 0 Å². The SMILES string of the molecule is Cc1cc(N=C(NC(=O)c2cc(-c3ncccn3)c(C(F)(F)F)cc2F)c2cc(CO)ccc2N)n[nH]1. The van der Waals surface area contributed by atoms with E-state index < -0.39 is 34.6 Å². The number of aromatic amines is 1. The summed E-state index contributed by atoms with van der Waals surface area (Å²) >= 11 is 0. The number of nitrogens with zero attached hydrogens (tertiary/aromatic N) is 4. The normalized spacial score (nSPS) is 12.0. The third kappa shape index (κ3) is 5.62. The number of halogens is 4. The summed E-state index contributed by atoms with van der Waals surface area (Å²) in [6, 6.07) is 8.39. The number of aliphatic imine (C=N–C) groups is 1. The van der Waals surface area contributed by atoms with Crippen LogP contribution in [-0.4, -0.2) is 37.0 Å². The molecule has 4 aromatic rings. The minimum Gasteiger partial charge on any atom is -0.398 e. The van der Waals surface area contributed by atoms with Crippen LogP contribution in [0.25, 0.3) is 11.4 Å². The highest BCUT2D eigenvalue weighted by Crippen LogP contribution is 2.37. The van der Waals surface area contributed by atoms with Crippen LogP contribution in [0.4, 0.5) is 29.1 Å². The number of amides is 1. The van der Waals surface area contributed by atoms with Gasteiger partial charge in [0.15, 0.2) is 11.6 Å². The molecular formula is C24H19F4N7O2. The number of alkyl halides is 3. The average Bonchev–Trinajstić information content (AvgIpc) is 3.28. The van der Waals surface area contributed by atoms with Crippen molar-refractivity contribution in [1.29, 1.82) is 0 Å². The fourth-order valence-electron chi connectivity index (χ4n) is 3.42. The number of nitrogens with two attached hydrogens (primary N) is 1. The first-order chi connectivity index (χ1) is 17.6. The Bertz CT molecular complexity index is 1480. The van der Waals surface area contributed by atoms with E-state index in [1.165, 1.54) is 30.6 Å². The fraction of sp³-hybridized carbons (Fsp3) is 0.125. The summed E-state index contributed by atoms with van der Waals surface area (Å²) in [5.41, 5.74) is 4.86. The summed E-state index contributed by atoms with van der Waals surface area (Å²) in [5.74, 6) is -2.89. The van der Waals surface area contributed by atoms with Gasteiger partial charge >= 0.3 is 6.18 Å². The number of H-pyrrole nitrogens is 1. The van der Waals surface area contributed by atoms with Crippen molar-refractivity contribution in [2.24, 2.45) is 4.99 Å². The lowest BCUT2D eigenvalue weighted by Gasteiger charge is -2.16. The summed E-state index contributed by atoms with van der Waals surface area (Å²) in [5, 5.41) is 18.6. The maximum Gasteiger partial charge on any atom is 0.417 e. The predicted octanol–water partition coefficient (Wildman–Crippen LogP) is 3.92. The highest BCUT2D eigenvalue weighted by Gasteiger charge is 2.36. The number of aromatic nitrogens is 4. The summed E-state index contributed by atoms with van der Waals surface area (Å²) in [6.45, 7) is 1.37. The van der Waals surface area contributed by atoms with Crippen LogP contribution < -0.4 is 11.1 Å². The van der Waals surface area contributed by atoms with Gasteiger partial charge < -0.3 is 16.2 Å². The molecule has 190 valence electrons. The van der Waals surface area contributed by atoms with Crippen LogP contribution in [0.1, 0.15) is 32.7 Å². The molecule has 0 aliphatic carbocycles. The lowest BCUT2D eigenvalue weighted by Crippen LogP contribution is -2.32. The zero-order valence-corrected chi connectivity index (χ0v) is 19.1. The van der Waals surface area contributed by atoms with Crippen LogP contribution in [0, 0.1) is 12.7 Å². The number of nitrogens with one attached hydrogen (secondary N) is 2. The minimum absolute atomic E-state index is 0.146. The van der Waals surface area contributed by atoms with Crippen molar-refractivity contribution < 1.29 is 27.5 Å². The Hall–Kier alpha value is -4.65. The number of rotatable bonds is 5. The molecular weight excluding hydrogens is 494 g/mol. The molecule has 9 nitrogen and oxygen atoms in total. The Morgan fingerprint density at radius 2 is 1.86 bits per heavy atom. The third-order valence-corrected chi connectivity index (χ3v) is 5.17. The van der Waals surface area contributed by atoms with Crippen molar-refractivity contribution in [2.75, 3.05) is 5.73 Å². The molecule has 2 aromatic carbocycles. The second kappa shape index (κ2) is 10.1. The Morgan fingerprint density at radius 1 is 1.14 bits per heavy atom. The van der Waals surface area contributed by atoms with Crippen LogP contribution in [0.2, 0.25) is 0 Å². The average molecular weight is 513 g/mol. The van der Waals surface area contributed by atoms with Gasteiger partial charge in [0.25, 0.3) is 5.91 Å². The van der Waals surface area contributed by atoms with Gasteiger partial charge in [-0.2, -0.15) is 18.3 Å². The maximum absolute atomic E-state index is 14.9. The summed E-state index contributed by atoms with van der Waals surface area (Å²) < 4.78 is 55.8. The molecule has 0 radical (unpaired) electrons. The molecule has 0 aliphatic rings. The van der Waals surface area contributed by atoms with Gasteiger partial charge in [0.1, 0.15) is 11.7 Å². The number of benzene rings is 2. The van der Waals surface area contributed by atoms with E-state index in [4.69, 9.17) is 5.73 Å². The molecule has 13 heteroatoms. The number of nitrogen functional groups attached to an aromatic ring is 1. The van der Waals surface area contributed by atoms with Gasteiger partial charge in [-0.15, -0.1) is 0 Å². The third-order valence-electron chi connectivity index (χ3n) is 5.17. The Balaban J connectivity index is 1.82. The number of amidine groups is 1. The zero-order valence-electron chi connectivity index (χ0n) is 19.1. The first-order valence-electron chi connectivity index (χ1n) is 10.7. The molecule has 0 saturated heterocycles. The molecule has 0 bridgehead atoms. The van der Waals surface area contributed by atoms with Crippen LogP contribution in [0.5, 0.6) is 0 Å². The highest BCUT2D eigenvalue weighted by molar-refractivity contribution is 6.15. The Labute approximate surface area is 207 Å². The number of anilines is 1. The smallest absolute Gasteiger partial charge is 0.398 e. The number of aryl methyl sites for hydroxylation is 1. The summed E-state index contributed by atoms with van der Waals surface area (Å²) in [6.07, 6.45) is -2.49. The summed E-state index contributed by atoms with van der Waals surface area (Å²) in [4.78, 5) is 25.1. The van der Waals surface area contributed by atoms with Crippen LogP contribution >= 0.6 is 0 Å². The molecule has 0 saturated carbocycles. The molecule has 0 fully saturated rings. The lowest BCUT2D eigenvalue weighted by molar-refractivity contribution is -0.137. The zero-order chi connectivity index (χ0) is 26.7. The molecule has 2 aromatic heterocycles. The Kier molecular flexibility index (Phi) is 6.98. The molecule has 0 atom stereocenters. The number of carbonyl (C=O) groups excluding carboxylic acids is 1. The van der Waals surface area contributed by atoms with Gasteiger partial charge in [-0.3, -0.25) is 9.89 Å². The number of carbonyl (C=O) groups is 1. The quantitative estimate of drug-likeness (QED) is 0.138. The van der Waals surface area contributed by atoms with Crippen molar-refractivity contribution in [3.8, 4) is 11.4 Å². The summed E-state index contributed by atoms with van der Waals surface area (Å²) in [7, 11) is 0. The number of hydrogen-bond acceptors (Lipinski definition) is 7. The topological polar surface area (TPSA) is 142 Å². The predicted molar refractivity (Wildman–Crippen MR) is 126 cm³/mol. The van der Waals surface area contributed by atoms with Crippen LogP contribution in [0.3, 0.4) is 0 Å². The van der Waals surface area contributed by atoms with Gasteiger partial charge in [0.05, 0.1) is 17.7 Å². The second-order valence-corrected chi connectivity index (χ2v) is 7.85. The van der Waals surface area contributed by atoms with Gasteiger partial charge in [0.2, 0.25) is 0 Å². The van der Waals surface area contributed by atoms with E-state index in [2.05, 4.69) is 30.5 Å². The molecule has 5 N–H and O–H groups in total. The largest absolute Gasteiger partial charge is 0.417 e. The first kappa shape index (κ1) is 25.4. The van der Waals surface area contributed by atoms with E-state index in [9.17, 15) is 27.5 Å². The van der Waals surface area contributed by atoms with E-state index in [-0.39, 0.29) is 41.4 Å². The number of aliphatic hydroxyl groups is 1. The van der Waals surface area contributed by atoms with Crippen molar-refractivity contribution in [2.45, 2.75) is 19.7 Å². The van der Waals surface area contributed by atoms with Crippen molar-refractivity contribution in [1.82, 2.24) is 25.5 Å². The molecule has 37 heavy (non-hydrogen) atoms. The standard InChI is InChI=1S/C24H19F4N7O2/c1-12-7-20(35-34-12)32-22(16-8-13(11-36)3-4-19(16)29)33-23(37)15-9-14(21-30-5-2-6-31-21)17(10-18(15)25)24(26,27)28/h2-10,36H,11,29H2,1H3,(H2,32,33,34,35,37). The second-order valence-electron chi connectivity index (χ2n) is 7.85. The van der Waals surface area contributed by atoms with E-state index in [0.29, 0.717) is 11.3 Å². The minimum atomic E-state index is -4.94. The maximum atomic E-state index is 14.9. The van der Waals surface area contributed by atoms with Gasteiger partial charge in [-0.05, 0) is 42.8 Å². The molecule has 0 unspecified atom stereocenters. The van der Waals surface area contributed by atoms with Gasteiger partial charge in [-0.1, -0.05) is 6.07 Å². The first-order valence-corrected chi connectivity index (χ1v) is 10.7. The molecule has 4 rings (SSSR count). The van der Waals surface area contributed by atoms with E-state index in [1.54, 1.807) is 19.1 Å². The van der Waals surface area contributed by atoms with Crippen molar-refractivity contribution in [3.05, 3.63) is 88.6 Å². The molecule has 1 amide bonds. The van der Waals surface area contributed by atoms with E-state index in [0.717, 1.165) is 6.07 Å². The van der Waals surface area contributed by atoms with Crippen LogP contribution in [-0.2, 0) is 12.8 Å². The van der Waals surface area contributed by atoms with Crippen LogP contribution in [0.15, 0.2) is 59.9 Å². The lowest BCUT2D eigenvalue weighted by atomic mass is 10.0. The van der Waals surface area contributed by atoms with Gasteiger partial charge in [-0.25, -0.2) is 19.4 Å². The monoisotopic (exact) mass is 513 g/mol. The molecule has 2 heterocycles. The van der Waals surface area contributed by atoms with Crippen molar-refractivity contribution >= 4 is 23.2 Å².